The van der Waals surface area contributed by atoms with Gasteiger partial charge >= 0.3 is 0 Å². The van der Waals surface area contributed by atoms with Gasteiger partial charge in [0.1, 0.15) is 5.76 Å². The number of nitrogens with one attached hydrogen (secondary N) is 2. The number of primary sulfonamides is 1. The van der Waals surface area contributed by atoms with Crippen molar-refractivity contribution in [2.45, 2.75) is 16.7 Å². The fourth-order valence-electron chi connectivity index (χ4n) is 2.22. The Morgan fingerprint density at radius 1 is 0.889 bits per heavy atom. The zero-order chi connectivity index (χ0) is 19.7. The lowest BCUT2D eigenvalue weighted by Gasteiger charge is -2.09. The second kappa shape index (κ2) is 7.02. The maximum absolute atomic E-state index is 12.3. The van der Waals surface area contributed by atoms with Crippen molar-refractivity contribution in [1.29, 1.82) is 0 Å². The molecule has 0 bridgehead atoms. The Morgan fingerprint density at radius 2 is 1.41 bits per heavy atom. The third kappa shape index (κ3) is 4.64. The van der Waals surface area contributed by atoms with Gasteiger partial charge in [-0.05, 0) is 55.5 Å². The van der Waals surface area contributed by atoms with E-state index in [0.29, 0.717) is 17.1 Å². The Bertz CT molecular complexity index is 1150. The number of aromatic nitrogens is 1. The van der Waals surface area contributed by atoms with Gasteiger partial charge in [0, 0.05) is 17.4 Å². The Morgan fingerprint density at radius 3 is 1.85 bits per heavy atom. The lowest BCUT2D eigenvalue weighted by molar-refractivity contribution is 0.400. The molecule has 0 radical (unpaired) electrons. The molecule has 0 aliphatic carbocycles. The molecule has 27 heavy (non-hydrogen) atoms. The van der Waals surface area contributed by atoms with Gasteiger partial charge in [-0.1, -0.05) is 5.16 Å². The van der Waals surface area contributed by atoms with E-state index in [1.54, 1.807) is 31.2 Å². The van der Waals surface area contributed by atoms with Crippen molar-refractivity contribution in [3.63, 3.8) is 0 Å². The van der Waals surface area contributed by atoms with Crippen LogP contribution >= 0.6 is 0 Å². The lowest BCUT2D eigenvalue weighted by atomic mass is 10.3. The number of hydrogen-bond donors (Lipinski definition) is 3. The minimum Gasteiger partial charge on any atom is -0.360 e. The molecule has 1 heterocycles. The van der Waals surface area contributed by atoms with Gasteiger partial charge in [-0.3, -0.25) is 4.72 Å². The van der Waals surface area contributed by atoms with Crippen molar-refractivity contribution in [3.05, 3.63) is 60.4 Å². The van der Waals surface area contributed by atoms with Gasteiger partial charge in [0.05, 0.1) is 9.79 Å². The van der Waals surface area contributed by atoms with E-state index in [1.165, 1.54) is 30.3 Å². The number of nitrogens with zero attached hydrogens (tertiary/aromatic N) is 1. The highest BCUT2D eigenvalue weighted by atomic mass is 32.2. The summed E-state index contributed by atoms with van der Waals surface area (Å²) in [6, 6.07) is 13.3. The molecule has 0 amide bonds. The van der Waals surface area contributed by atoms with Crippen molar-refractivity contribution < 1.29 is 21.4 Å². The quantitative estimate of drug-likeness (QED) is 0.567. The number of hydrogen-bond acceptors (Lipinski definition) is 7. The van der Waals surface area contributed by atoms with Crippen LogP contribution in [0, 0.1) is 6.92 Å². The van der Waals surface area contributed by atoms with Crippen molar-refractivity contribution in [2.24, 2.45) is 5.14 Å². The van der Waals surface area contributed by atoms with Crippen LogP contribution in [0.3, 0.4) is 0 Å². The van der Waals surface area contributed by atoms with Gasteiger partial charge in [0.25, 0.3) is 10.0 Å². The largest absolute Gasteiger partial charge is 0.360 e. The van der Waals surface area contributed by atoms with Crippen molar-refractivity contribution in [3.8, 4) is 0 Å². The SMILES string of the molecule is Cc1cc(NS(=O)(=O)c2ccc(Nc3ccc(S(N)(=O)=O)cc3)cc2)no1. The number of benzene rings is 2. The molecule has 3 rings (SSSR count). The summed E-state index contributed by atoms with van der Waals surface area (Å²) in [5, 5.41) is 11.7. The summed E-state index contributed by atoms with van der Waals surface area (Å²) >= 11 is 0. The predicted molar refractivity (Wildman–Crippen MR) is 99.6 cm³/mol. The summed E-state index contributed by atoms with van der Waals surface area (Å²) < 4.78 is 54.3. The second-order valence-electron chi connectivity index (χ2n) is 5.65. The molecule has 2 aromatic carbocycles. The molecule has 0 aliphatic rings. The van der Waals surface area contributed by atoms with E-state index in [9.17, 15) is 16.8 Å². The Kier molecular flexibility index (Phi) is 4.91. The Labute approximate surface area is 156 Å². The third-order valence-corrected chi connectivity index (χ3v) is 5.80. The zero-order valence-corrected chi connectivity index (χ0v) is 15.7. The van der Waals surface area contributed by atoms with Gasteiger partial charge in [0.15, 0.2) is 5.82 Å². The number of sulfonamides is 2. The van der Waals surface area contributed by atoms with Gasteiger partial charge < -0.3 is 9.84 Å². The van der Waals surface area contributed by atoms with E-state index in [4.69, 9.17) is 9.66 Å². The van der Waals surface area contributed by atoms with Crippen LogP contribution in [-0.2, 0) is 20.0 Å². The molecule has 4 N–H and O–H groups in total. The maximum atomic E-state index is 12.3. The van der Waals surface area contributed by atoms with E-state index in [1.807, 2.05) is 0 Å². The number of anilines is 3. The average Bonchev–Trinajstić information content (AvgIpc) is 2.99. The number of aryl methyl sites for hydroxylation is 1. The first-order chi connectivity index (χ1) is 12.6. The molecule has 9 nitrogen and oxygen atoms in total. The number of rotatable bonds is 6. The molecule has 0 saturated carbocycles. The minimum atomic E-state index is -3.79. The highest BCUT2D eigenvalue weighted by molar-refractivity contribution is 7.92. The highest BCUT2D eigenvalue weighted by Gasteiger charge is 2.16. The molecule has 0 fully saturated rings. The van der Waals surface area contributed by atoms with Gasteiger partial charge in [-0.25, -0.2) is 22.0 Å². The first-order valence-corrected chi connectivity index (χ1v) is 10.6. The summed E-state index contributed by atoms with van der Waals surface area (Å²) in [5.74, 6) is 0.588. The van der Waals surface area contributed by atoms with Crippen LogP contribution in [0.2, 0.25) is 0 Å². The minimum absolute atomic E-state index is 0.00339. The zero-order valence-electron chi connectivity index (χ0n) is 14.1. The van der Waals surface area contributed by atoms with E-state index in [-0.39, 0.29) is 15.6 Å². The maximum Gasteiger partial charge on any atom is 0.263 e. The molecule has 0 spiro atoms. The molecular weight excluding hydrogens is 392 g/mol. The summed E-state index contributed by atoms with van der Waals surface area (Å²) in [6.45, 7) is 1.65. The van der Waals surface area contributed by atoms with Crippen LogP contribution in [0.5, 0.6) is 0 Å². The Balaban J connectivity index is 1.73. The fraction of sp³-hybridized carbons (Fsp3) is 0.0625. The van der Waals surface area contributed by atoms with E-state index < -0.39 is 20.0 Å². The predicted octanol–water partition coefficient (Wildman–Crippen LogP) is 2.17. The first kappa shape index (κ1) is 18.9. The number of nitrogens with two attached hydrogens (primary N) is 1. The van der Waals surface area contributed by atoms with E-state index in [2.05, 4.69) is 15.2 Å². The second-order valence-corrected chi connectivity index (χ2v) is 8.89. The molecule has 3 aromatic rings. The molecule has 0 aliphatic heterocycles. The highest BCUT2D eigenvalue weighted by Crippen LogP contribution is 2.21. The normalized spacial score (nSPS) is 11.9. The van der Waals surface area contributed by atoms with Crippen LogP contribution < -0.4 is 15.2 Å². The van der Waals surface area contributed by atoms with Crippen LogP contribution in [0.25, 0.3) is 0 Å². The van der Waals surface area contributed by atoms with Gasteiger partial charge in [-0.15, -0.1) is 0 Å². The molecule has 11 heteroatoms. The van der Waals surface area contributed by atoms with Crippen molar-refractivity contribution in [2.75, 3.05) is 10.0 Å². The standard InChI is InChI=1S/C16H16N4O5S2/c1-11-10-16(19-25-11)20-27(23,24)15-8-4-13(5-9-15)18-12-2-6-14(7-3-12)26(17,21)22/h2-10,18H,1H3,(H,19,20)(H2,17,21,22). The van der Waals surface area contributed by atoms with E-state index in [0.717, 1.165) is 0 Å². The van der Waals surface area contributed by atoms with Crippen LogP contribution in [0.1, 0.15) is 5.76 Å². The molecule has 1 aromatic heterocycles. The third-order valence-electron chi connectivity index (χ3n) is 3.50. The topological polar surface area (TPSA) is 144 Å². The first-order valence-electron chi connectivity index (χ1n) is 7.60. The molecule has 0 atom stereocenters. The monoisotopic (exact) mass is 408 g/mol. The van der Waals surface area contributed by atoms with Gasteiger partial charge in [0.2, 0.25) is 10.0 Å². The van der Waals surface area contributed by atoms with Crippen LogP contribution in [0.15, 0.2) is 68.9 Å². The lowest BCUT2D eigenvalue weighted by Crippen LogP contribution is -2.13. The summed E-state index contributed by atoms with van der Waals surface area (Å²) in [7, 11) is -7.54. The van der Waals surface area contributed by atoms with Crippen molar-refractivity contribution >= 4 is 37.2 Å². The smallest absolute Gasteiger partial charge is 0.263 e. The molecular formula is C16H16N4O5S2. The Hall–Kier alpha value is -2.89. The summed E-state index contributed by atoms with van der Waals surface area (Å²) in [4.78, 5) is 0.0573. The molecule has 0 unspecified atom stereocenters. The van der Waals surface area contributed by atoms with Crippen LogP contribution in [-0.4, -0.2) is 22.0 Å². The van der Waals surface area contributed by atoms with E-state index >= 15 is 0 Å². The van der Waals surface area contributed by atoms with Crippen LogP contribution in [0.4, 0.5) is 17.2 Å². The molecule has 142 valence electrons. The summed E-state index contributed by atoms with van der Waals surface area (Å²) in [5.41, 5.74) is 1.24. The summed E-state index contributed by atoms with van der Waals surface area (Å²) in [6.07, 6.45) is 0. The average molecular weight is 408 g/mol. The molecule has 0 saturated heterocycles. The van der Waals surface area contributed by atoms with Gasteiger partial charge in [-0.2, -0.15) is 0 Å². The van der Waals surface area contributed by atoms with Crippen molar-refractivity contribution in [1.82, 2.24) is 5.16 Å². The fourth-order valence-corrected chi connectivity index (χ4v) is 3.72.